The molecule has 0 aliphatic heterocycles. The van der Waals surface area contributed by atoms with Gasteiger partial charge in [-0.2, -0.15) is 0 Å². The summed E-state index contributed by atoms with van der Waals surface area (Å²) < 4.78 is 0. The standard InChI is InChI=1S/C17H15N5O/c1-10-2-4-13-12(6-10)16(20-9-19-13)18-8-11-3-5-14-15(7-11)22-17(23)21-14/h2-7,9H,8H2,1H3,(H,18,19,20)(H2,21,22,23). The number of hydrogen-bond donors (Lipinski definition) is 3. The molecule has 0 unspecified atom stereocenters. The van der Waals surface area contributed by atoms with Crippen molar-refractivity contribution < 1.29 is 0 Å². The van der Waals surface area contributed by atoms with Gasteiger partial charge in [0.1, 0.15) is 12.1 Å². The minimum absolute atomic E-state index is 0.192. The maximum Gasteiger partial charge on any atom is 0.323 e. The average Bonchev–Trinajstić information content (AvgIpc) is 2.92. The summed E-state index contributed by atoms with van der Waals surface area (Å²) in [5, 5.41) is 4.35. The van der Waals surface area contributed by atoms with Crippen molar-refractivity contribution in [3.05, 3.63) is 64.3 Å². The molecule has 0 aliphatic carbocycles. The number of benzene rings is 2. The molecule has 4 rings (SSSR count). The molecule has 4 aromatic rings. The normalized spacial score (nSPS) is 11.2. The summed E-state index contributed by atoms with van der Waals surface area (Å²) in [6.45, 7) is 2.66. The molecule has 0 amide bonds. The lowest BCUT2D eigenvalue weighted by Gasteiger charge is -2.09. The second-order valence-corrected chi connectivity index (χ2v) is 5.56. The number of hydrogen-bond acceptors (Lipinski definition) is 4. The Morgan fingerprint density at radius 1 is 1.04 bits per heavy atom. The van der Waals surface area contributed by atoms with Crippen molar-refractivity contribution >= 4 is 27.8 Å². The molecule has 0 fully saturated rings. The molecule has 0 atom stereocenters. The third kappa shape index (κ3) is 2.55. The van der Waals surface area contributed by atoms with E-state index in [4.69, 9.17) is 0 Å². The summed E-state index contributed by atoms with van der Waals surface area (Å²) in [6, 6.07) is 11.9. The third-order valence-corrected chi connectivity index (χ3v) is 3.83. The molecule has 0 aliphatic rings. The van der Waals surface area contributed by atoms with Crippen LogP contribution in [-0.2, 0) is 6.54 Å². The van der Waals surface area contributed by atoms with Gasteiger partial charge in [0.15, 0.2) is 0 Å². The van der Waals surface area contributed by atoms with E-state index in [0.717, 1.165) is 33.3 Å². The number of fused-ring (bicyclic) bond motifs is 2. The summed E-state index contributed by atoms with van der Waals surface area (Å²) in [5.74, 6) is 0.807. The van der Waals surface area contributed by atoms with Crippen LogP contribution in [0.2, 0.25) is 0 Å². The zero-order valence-corrected chi connectivity index (χ0v) is 12.6. The highest BCUT2D eigenvalue weighted by atomic mass is 16.1. The lowest BCUT2D eigenvalue weighted by Crippen LogP contribution is -2.02. The summed E-state index contributed by atoms with van der Waals surface area (Å²) in [5.41, 5.74) is 4.56. The van der Waals surface area contributed by atoms with Crippen molar-refractivity contribution in [1.29, 1.82) is 0 Å². The van der Waals surface area contributed by atoms with E-state index in [1.165, 1.54) is 5.56 Å². The maximum atomic E-state index is 11.3. The molecule has 0 saturated carbocycles. The fraction of sp³-hybridized carbons (Fsp3) is 0.118. The van der Waals surface area contributed by atoms with Crippen molar-refractivity contribution in [3.63, 3.8) is 0 Å². The van der Waals surface area contributed by atoms with Crippen LogP contribution in [-0.4, -0.2) is 19.9 Å². The Bertz CT molecular complexity index is 1060. The van der Waals surface area contributed by atoms with Gasteiger partial charge < -0.3 is 15.3 Å². The first-order valence-corrected chi connectivity index (χ1v) is 7.35. The Kier molecular flexibility index (Phi) is 3.08. The first-order chi connectivity index (χ1) is 11.2. The van der Waals surface area contributed by atoms with Crippen LogP contribution < -0.4 is 11.0 Å². The molecule has 2 aromatic carbocycles. The molecule has 0 bridgehead atoms. The van der Waals surface area contributed by atoms with Gasteiger partial charge in [-0.15, -0.1) is 0 Å². The Labute approximate surface area is 131 Å². The molecule has 6 nitrogen and oxygen atoms in total. The van der Waals surface area contributed by atoms with Crippen LogP contribution in [0.15, 0.2) is 47.5 Å². The topological polar surface area (TPSA) is 86.5 Å². The van der Waals surface area contributed by atoms with Gasteiger partial charge in [0.05, 0.1) is 16.6 Å². The smallest absolute Gasteiger partial charge is 0.323 e. The van der Waals surface area contributed by atoms with Crippen LogP contribution in [0.5, 0.6) is 0 Å². The molecule has 0 saturated heterocycles. The SMILES string of the molecule is Cc1ccc2ncnc(NCc3ccc4[nH]c(=O)[nH]c4c3)c2c1. The average molecular weight is 305 g/mol. The molecule has 3 N–H and O–H groups in total. The monoisotopic (exact) mass is 305 g/mol. The number of anilines is 1. The highest BCUT2D eigenvalue weighted by molar-refractivity contribution is 5.89. The quantitative estimate of drug-likeness (QED) is 0.543. The second-order valence-electron chi connectivity index (χ2n) is 5.56. The van der Waals surface area contributed by atoms with Crippen LogP contribution in [0.3, 0.4) is 0 Å². The summed E-state index contributed by atoms with van der Waals surface area (Å²) >= 11 is 0. The first kappa shape index (κ1) is 13.5. The molecular formula is C17H15N5O. The highest BCUT2D eigenvalue weighted by Crippen LogP contribution is 2.21. The van der Waals surface area contributed by atoms with Crippen molar-refractivity contribution in [2.75, 3.05) is 5.32 Å². The highest BCUT2D eigenvalue weighted by Gasteiger charge is 2.05. The predicted octanol–water partition coefficient (Wildman–Crippen LogP) is 2.72. The van der Waals surface area contributed by atoms with Gasteiger partial charge in [-0.25, -0.2) is 14.8 Å². The van der Waals surface area contributed by atoms with E-state index < -0.39 is 0 Å². The predicted molar refractivity (Wildman–Crippen MR) is 90.5 cm³/mol. The fourth-order valence-corrected chi connectivity index (χ4v) is 2.69. The molecule has 0 spiro atoms. The Morgan fingerprint density at radius 2 is 1.91 bits per heavy atom. The number of imidazole rings is 1. The van der Waals surface area contributed by atoms with Gasteiger partial charge in [0.25, 0.3) is 0 Å². The number of H-pyrrole nitrogens is 2. The summed E-state index contributed by atoms with van der Waals surface area (Å²) in [7, 11) is 0. The number of nitrogens with zero attached hydrogens (tertiary/aromatic N) is 2. The van der Waals surface area contributed by atoms with E-state index in [0.29, 0.717) is 6.54 Å². The molecular weight excluding hydrogens is 290 g/mol. The van der Waals surface area contributed by atoms with E-state index in [-0.39, 0.29) is 5.69 Å². The van der Waals surface area contributed by atoms with Gasteiger partial charge in [-0.05, 0) is 36.8 Å². The van der Waals surface area contributed by atoms with E-state index in [1.807, 2.05) is 37.3 Å². The number of aromatic amines is 2. The van der Waals surface area contributed by atoms with E-state index >= 15 is 0 Å². The van der Waals surface area contributed by atoms with Gasteiger partial charge >= 0.3 is 5.69 Å². The van der Waals surface area contributed by atoms with Crippen molar-refractivity contribution in [2.24, 2.45) is 0 Å². The third-order valence-electron chi connectivity index (χ3n) is 3.83. The first-order valence-electron chi connectivity index (χ1n) is 7.35. The van der Waals surface area contributed by atoms with Crippen molar-refractivity contribution in [1.82, 2.24) is 19.9 Å². The maximum absolute atomic E-state index is 11.3. The van der Waals surface area contributed by atoms with Gasteiger partial charge in [0, 0.05) is 11.9 Å². The Morgan fingerprint density at radius 3 is 2.83 bits per heavy atom. The largest absolute Gasteiger partial charge is 0.365 e. The zero-order chi connectivity index (χ0) is 15.8. The minimum Gasteiger partial charge on any atom is -0.365 e. The molecule has 114 valence electrons. The number of aryl methyl sites for hydroxylation is 1. The van der Waals surface area contributed by atoms with Crippen LogP contribution in [0.4, 0.5) is 5.82 Å². The van der Waals surface area contributed by atoms with Gasteiger partial charge in [-0.3, -0.25) is 0 Å². The summed E-state index contributed by atoms with van der Waals surface area (Å²) in [4.78, 5) is 25.5. The van der Waals surface area contributed by atoms with E-state index in [1.54, 1.807) is 6.33 Å². The van der Waals surface area contributed by atoms with E-state index in [2.05, 4.69) is 31.3 Å². The molecule has 0 radical (unpaired) electrons. The Balaban J connectivity index is 1.65. The molecule has 6 heteroatoms. The van der Waals surface area contributed by atoms with Crippen LogP contribution in [0.1, 0.15) is 11.1 Å². The van der Waals surface area contributed by atoms with Crippen molar-refractivity contribution in [2.45, 2.75) is 13.5 Å². The number of nitrogens with one attached hydrogen (secondary N) is 3. The second kappa shape index (κ2) is 5.24. The van der Waals surface area contributed by atoms with Crippen LogP contribution in [0, 0.1) is 6.92 Å². The lowest BCUT2D eigenvalue weighted by molar-refractivity contribution is 1.10. The van der Waals surface area contributed by atoms with Crippen LogP contribution >= 0.6 is 0 Å². The molecule has 23 heavy (non-hydrogen) atoms. The van der Waals surface area contributed by atoms with Crippen LogP contribution in [0.25, 0.3) is 21.9 Å². The number of aromatic nitrogens is 4. The Hall–Kier alpha value is -3.15. The lowest BCUT2D eigenvalue weighted by atomic mass is 10.1. The molecule has 2 aromatic heterocycles. The zero-order valence-electron chi connectivity index (χ0n) is 12.6. The molecule has 2 heterocycles. The van der Waals surface area contributed by atoms with Crippen molar-refractivity contribution in [3.8, 4) is 0 Å². The number of rotatable bonds is 3. The van der Waals surface area contributed by atoms with Gasteiger partial charge in [0.2, 0.25) is 0 Å². The minimum atomic E-state index is -0.192. The fourth-order valence-electron chi connectivity index (χ4n) is 2.69. The summed E-state index contributed by atoms with van der Waals surface area (Å²) in [6.07, 6.45) is 1.56. The van der Waals surface area contributed by atoms with E-state index in [9.17, 15) is 4.79 Å². The van der Waals surface area contributed by atoms with Gasteiger partial charge in [-0.1, -0.05) is 17.7 Å².